The number of hydrogen-bond acceptors (Lipinski definition) is 2. The molecule has 3 nitrogen and oxygen atoms in total. The van der Waals surface area contributed by atoms with Gasteiger partial charge in [0.25, 0.3) is 0 Å². The van der Waals surface area contributed by atoms with Gasteiger partial charge in [-0.1, -0.05) is 41.0 Å². The maximum absolute atomic E-state index is 11.5. The van der Waals surface area contributed by atoms with E-state index in [9.17, 15) is 4.79 Å². The highest BCUT2D eigenvalue weighted by molar-refractivity contribution is 5.80. The highest BCUT2D eigenvalue weighted by Crippen LogP contribution is 2.33. The van der Waals surface area contributed by atoms with Crippen molar-refractivity contribution in [2.24, 2.45) is 29.4 Å². The van der Waals surface area contributed by atoms with Crippen molar-refractivity contribution < 1.29 is 4.79 Å². The van der Waals surface area contributed by atoms with Crippen LogP contribution in [0.15, 0.2) is 0 Å². The molecule has 4 unspecified atom stereocenters. The van der Waals surface area contributed by atoms with Crippen LogP contribution < -0.4 is 11.1 Å². The van der Waals surface area contributed by atoms with Gasteiger partial charge in [-0.2, -0.15) is 0 Å². The molecule has 0 aromatic heterocycles. The first-order chi connectivity index (χ1) is 8.32. The number of primary amides is 1. The SMILES string of the molecule is CC1CCC(C(C)C)C(NC(C(N)=O)C(C)C)C1. The molecule has 0 radical (unpaired) electrons. The van der Waals surface area contributed by atoms with Gasteiger partial charge in [0.05, 0.1) is 6.04 Å². The van der Waals surface area contributed by atoms with Crippen LogP contribution in [-0.2, 0) is 4.79 Å². The van der Waals surface area contributed by atoms with Crippen LogP contribution in [0.5, 0.6) is 0 Å². The second-order valence-electron chi connectivity index (χ2n) is 6.72. The van der Waals surface area contributed by atoms with Crippen molar-refractivity contribution in [3.8, 4) is 0 Å². The molecule has 0 aromatic carbocycles. The van der Waals surface area contributed by atoms with Crippen LogP contribution in [0.25, 0.3) is 0 Å². The Morgan fingerprint density at radius 3 is 2.28 bits per heavy atom. The largest absolute Gasteiger partial charge is 0.368 e. The van der Waals surface area contributed by atoms with E-state index in [4.69, 9.17) is 5.73 Å². The van der Waals surface area contributed by atoms with E-state index in [1.165, 1.54) is 19.3 Å². The third-order valence-electron chi connectivity index (χ3n) is 4.39. The van der Waals surface area contributed by atoms with Crippen LogP contribution >= 0.6 is 0 Å². The molecular formula is C15H30N2O. The van der Waals surface area contributed by atoms with Crippen molar-refractivity contribution in [2.45, 2.75) is 66.0 Å². The maximum Gasteiger partial charge on any atom is 0.234 e. The smallest absolute Gasteiger partial charge is 0.234 e. The minimum absolute atomic E-state index is 0.193. The van der Waals surface area contributed by atoms with Gasteiger partial charge in [-0.25, -0.2) is 0 Å². The van der Waals surface area contributed by atoms with Gasteiger partial charge in [0.1, 0.15) is 0 Å². The summed E-state index contributed by atoms with van der Waals surface area (Å²) < 4.78 is 0. The minimum atomic E-state index is -0.217. The molecule has 1 saturated carbocycles. The summed E-state index contributed by atoms with van der Waals surface area (Å²) in [6, 6.07) is 0.246. The fourth-order valence-corrected chi connectivity index (χ4v) is 3.23. The zero-order chi connectivity index (χ0) is 13.9. The Bertz CT molecular complexity index is 276. The molecule has 3 N–H and O–H groups in total. The molecule has 1 aliphatic carbocycles. The number of nitrogens with two attached hydrogens (primary N) is 1. The van der Waals surface area contributed by atoms with Crippen LogP contribution in [0.1, 0.15) is 53.9 Å². The number of carbonyl (C=O) groups is 1. The summed E-state index contributed by atoms with van der Waals surface area (Å²) in [6.45, 7) is 11.0. The number of nitrogens with one attached hydrogen (secondary N) is 1. The van der Waals surface area contributed by atoms with E-state index in [0.29, 0.717) is 17.9 Å². The van der Waals surface area contributed by atoms with E-state index in [-0.39, 0.29) is 17.9 Å². The second-order valence-corrected chi connectivity index (χ2v) is 6.72. The van der Waals surface area contributed by atoms with Crippen molar-refractivity contribution in [2.75, 3.05) is 0 Å². The lowest BCUT2D eigenvalue weighted by Gasteiger charge is -2.40. The highest BCUT2D eigenvalue weighted by Gasteiger charge is 2.33. The molecular weight excluding hydrogens is 224 g/mol. The number of hydrogen-bond donors (Lipinski definition) is 2. The van der Waals surface area contributed by atoms with Gasteiger partial charge < -0.3 is 11.1 Å². The summed E-state index contributed by atoms with van der Waals surface area (Å²) >= 11 is 0. The van der Waals surface area contributed by atoms with Gasteiger partial charge in [0.15, 0.2) is 0 Å². The van der Waals surface area contributed by atoms with Crippen molar-refractivity contribution in [1.29, 1.82) is 0 Å². The molecule has 0 aliphatic heterocycles. The fraction of sp³-hybridized carbons (Fsp3) is 0.933. The molecule has 3 heteroatoms. The number of amides is 1. The monoisotopic (exact) mass is 254 g/mol. The minimum Gasteiger partial charge on any atom is -0.368 e. The molecule has 1 fully saturated rings. The predicted molar refractivity (Wildman–Crippen MR) is 76.1 cm³/mol. The van der Waals surface area contributed by atoms with Crippen molar-refractivity contribution in [3.05, 3.63) is 0 Å². The molecule has 0 bridgehead atoms. The Balaban J connectivity index is 2.73. The molecule has 106 valence electrons. The first-order valence-corrected chi connectivity index (χ1v) is 7.38. The average Bonchev–Trinajstić information content (AvgIpc) is 2.24. The Morgan fingerprint density at radius 2 is 1.83 bits per heavy atom. The molecule has 0 saturated heterocycles. The summed E-state index contributed by atoms with van der Waals surface area (Å²) in [5.74, 6) is 2.12. The van der Waals surface area contributed by atoms with Crippen LogP contribution in [-0.4, -0.2) is 18.0 Å². The van der Waals surface area contributed by atoms with E-state index in [1.807, 2.05) is 0 Å². The van der Waals surface area contributed by atoms with Gasteiger partial charge >= 0.3 is 0 Å². The quantitative estimate of drug-likeness (QED) is 0.792. The van der Waals surface area contributed by atoms with Crippen molar-refractivity contribution in [3.63, 3.8) is 0 Å². The first-order valence-electron chi connectivity index (χ1n) is 7.38. The molecule has 18 heavy (non-hydrogen) atoms. The van der Waals surface area contributed by atoms with Crippen LogP contribution in [0, 0.1) is 23.7 Å². The number of carbonyl (C=O) groups excluding carboxylic acids is 1. The molecule has 0 aromatic rings. The molecule has 0 heterocycles. The summed E-state index contributed by atoms with van der Waals surface area (Å²) in [7, 11) is 0. The van der Waals surface area contributed by atoms with Gasteiger partial charge in [0, 0.05) is 6.04 Å². The van der Waals surface area contributed by atoms with Gasteiger partial charge in [-0.05, 0) is 36.5 Å². The Kier molecular flexibility index (Phi) is 5.64. The van der Waals surface area contributed by atoms with Crippen LogP contribution in [0.4, 0.5) is 0 Å². The lowest BCUT2D eigenvalue weighted by atomic mass is 9.73. The Hall–Kier alpha value is -0.570. The van der Waals surface area contributed by atoms with E-state index in [2.05, 4.69) is 39.9 Å². The summed E-state index contributed by atoms with van der Waals surface area (Å²) in [4.78, 5) is 11.5. The molecule has 1 rings (SSSR count). The lowest BCUT2D eigenvalue weighted by molar-refractivity contribution is -0.121. The zero-order valence-electron chi connectivity index (χ0n) is 12.6. The third-order valence-corrected chi connectivity index (χ3v) is 4.39. The molecule has 0 spiro atoms. The maximum atomic E-state index is 11.5. The van der Waals surface area contributed by atoms with Crippen molar-refractivity contribution in [1.82, 2.24) is 5.32 Å². The third kappa shape index (κ3) is 3.98. The van der Waals surface area contributed by atoms with Gasteiger partial charge in [-0.3, -0.25) is 4.79 Å². The van der Waals surface area contributed by atoms with Gasteiger partial charge in [0.2, 0.25) is 5.91 Å². The highest BCUT2D eigenvalue weighted by atomic mass is 16.1. The molecule has 4 atom stereocenters. The van der Waals surface area contributed by atoms with E-state index in [0.717, 1.165) is 5.92 Å². The Morgan fingerprint density at radius 1 is 1.22 bits per heavy atom. The number of rotatable bonds is 5. The normalized spacial score (nSPS) is 30.7. The summed E-state index contributed by atoms with van der Waals surface area (Å²) in [5, 5.41) is 3.54. The Labute approximate surface area is 112 Å². The van der Waals surface area contributed by atoms with Crippen molar-refractivity contribution >= 4 is 5.91 Å². The van der Waals surface area contributed by atoms with Crippen LogP contribution in [0.2, 0.25) is 0 Å². The lowest BCUT2D eigenvalue weighted by Crippen LogP contribution is -2.54. The van der Waals surface area contributed by atoms with Gasteiger partial charge in [-0.15, -0.1) is 0 Å². The summed E-state index contributed by atoms with van der Waals surface area (Å²) in [5.41, 5.74) is 5.51. The molecule has 1 aliphatic rings. The average molecular weight is 254 g/mol. The zero-order valence-corrected chi connectivity index (χ0v) is 12.6. The van der Waals surface area contributed by atoms with E-state index >= 15 is 0 Å². The van der Waals surface area contributed by atoms with E-state index in [1.54, 1.807) is 0 Å². The molecule has 1 amide bonds. The fourth-order valence-electron chi connectivity index (χ4n) is 3.23. The van der Waals surface area contributed by atoms with Crippen LogP contribution in [0.3, 0.4) is 0 Å². The van der Waals surface area contributed by atoms with E-state index < -0.39 is 0 Å². The predicted octanol–water partition coefficient (Wildman–Crippen LogP) is 2.55. The summed E-state index contributed by atoms with van der Waals surface area (Å²) in [6.07, 6.45) is 3.74. The first kappa shape index (κ1) is 15.5. The topological polar surface area (TPSA) is 55.1 Å². The second kappa shape index (κ2) is 6.55. The standard InChI is InChI=1S/C15H30N2O/c1-9(2)12-7-6-11(5)8-13(12)17-14(10(3)4)15(16)18/h9-14,17H,6-8H2,1-5H3,(H2,16,18).